The Balaban J connectivity index is 1.80. The molecule has 0 amide bonds. The highest BCUT2D eigenvalue weighted by Gasteiger charge is 2.12. The van der Waals surface area contributed by atoms with Crippen LogP contribution in [0, 0.1) is 5.82 Å². The van der Waals surface area contributed by atoms with Gasteiger partial charge in [-0.2, -0.15) is 0 Å². The van der Waals surface area contributed by atoms with E-state index in [2.05, 4.69) is 10.3 Å². The quantitative estimate of drug-likeness (QED) is 0.785. The smallest absolute Gasteiger partial charge is 0.193 e. The van der Waals surface area contributed by atoms with E-state index in [-0.39, 0.29) is 11.9 Å². The molecule has 0 aliphatic rings. The van der Waals surface area contributed by atoms with Crippen LogP contribution in [0.4, 0.5) is 4.39 Å². The molecule has 0 saturated carbocycles. The number of aromatic nitrogens is 2. The zero-order chi connectivity index (χ0) is 14.8. The average Bonchev–Trinajstić information content (AvgIpc) is 3.05. The monoisotopic (exact) mass is 305 g/mol. The number of fused-ring (bicyclic) bond motifs is 1. The SMILES string of the molecule is CNC(C)c1ccc(F)cc1OCc1cn2ccsc2n1. The van der Waals surface area contributed by atoms with Crippen molar-refractivity contribution in [2.45, 2.75) is 19.6 Å². The van der Waals surface area contributed by atoms with E-state index in [0.29, 0.717) is 12.4 Å². The first kappa shape index (κ1) is 14.0. The summed E-state index contributed by atoms with van der Waals surface area (Å²) in [4.78, 5) is 5.38. The van der Waals surface area contributed by atoms with Crippen molar-refractivity contribution in [2.75, 3.05) is 7.05 Å². The molecule has 21 heavy (non-hydrogen) atoms. The minimum absolute atomic E-state index is 0.0890. The van der Waals surface area contributed by atoms with E-state index >= 15 is 0 Å². The lowest BCUT2D eigenvalue weighted by Crippen LogP contribution is -2.14. The van der Waals surface area contributed by atoms with Crippen molar-refractivity contribution in [1.29, 1.82) is 0 Å². The van der Waals surface area contributed by atoms with Gasteiger partial charge in [0.05, 0.1) is 5.69 Å². The number of halogens is 1. The number of ether oxygens (including phenoxy) is 1. The molecule has 0 fully saturated rings. The lowest BCUT2D eigenvalue weighted by Gasteiger charge is -2.16. The molecule has 0 saturated heterocycles. The molecule has 0 bridgehead atoms. The standard InChI is InChI=1S/C15H16FN3OS/c1-10(17-2)13-4-3-11(16)7-14(13)20-9-12-8-19-5-6-21-15(19)18-12/h3-8,10,17H,9H2,1-2H3. The van der Waals surface area contributed by atoms with E-state index in [0.717, 1.165) is 16.2 Å². The average molecular weight is 305 g/mol. The van der Waals surface area contributed by atoms with Gasteiger partial charge in [-0.05, 0) is 20.0 Å². The first-order chi connectivity index (χ1) is 10.2. The predicted molar refractivity (Wildman–Crippen MR) is 81.3 cm³/mol. The van der Waals surface area contributed by atoms with Gasteiger partial charge >= 0.3 is 0 Å². The van der Waals surface area contributed by atoms with Gasteiger partial charge in [-0.1, -0.05) is 6.07 Å². The highest BCUT2D eigenvalue weighted by Crippen LogP contribution is 2.26. The van der Waals surface area contributed by atoms with Crippen molar-refractivity contribution >= 4 is 16.3 Å². The molecule has 0 spiro atoms. The van der Waals surface area contributed by atoms with Crippen LogP contribution >= 0.6 is 11.3 Å². The maximum Gasteiger partial charge on any atom is 0.193 e. The Labute approximate surface area is 126 Å². The predicted octanol–water partition coefficient (Wildman–Crippen LogP) is 3.39. The van der Waals surface area contributed by atoms with Crippen LogP contribution in [0.25, 0.3) is 4.96 Å². The molecule has 0 aliphatic carbocycles. The second kappa shape index (κ2) is 5.83. The van der Waals surface area contributed by atoms with Crippen molar-refractivity contribution in [3.63, 3.8) is 0 Å². The summed E-state index contributed by atoms with van der Waals surface area (Å²) < 4.78 is 21.2. The fourth-order valence-electron chi connectivity index (χ4n) is 2.14. The van der Waals surface area contributed by atoms with E-state index in [1.54, 1.807) is 17.4 Å². The molecule has 4 nitrogen and oxygen atoms in total. The topological polar surface area (TPSA) is 38.6 Å². The van der Waals surface area contributed by atoms with Crippen molar-refractivity contribution in [1.82, 2.24) is 14.7 Å². The highest BCUT2D eigenvalue weighted by atomic mass is 32.1. The fraction of sp³-hybridized carbons (Fsp3) is 0.267. The van der Waals surface area contributed by atoms with E-state index in [4.69, 9.17) is 4.74 Å². The molecule has 2 heterocycles. The Kier molecular flexibility index (Phi) is 3.90. The molecule has 1 N–H and O–H groups in total. The molecular formula is C15H16FN3OS. The number of nitrogens with one attached hydrogen (secondary N) is 1. The Bertz CT molecular complexity index is 724. The molecule has 2 aromatic heterocycles. The van der Waals surface area contributed by atoms with Gasteiger partial charge in [0.15, 0.2) is 4.96 Å². The summed E-state index contributed by atoms with van der Waals surface area (Å²) in [7, 11) is 1.86. The third-order valence-electron chi connectivity index (χ3n) is 3.39. The Morgan fingerprint density at radius 3 is 3.10 bits per heavy atom. The molecular weight excluding hydrogens is 289 g/mol. The molecule has 1 atom stereocenters. The maximum absolute atomic E-state index is 13.4. The number of rotatable bonds is 5. The number of hydrogen-bond donors (Lipinski definition) is 1. The zero-order valence-corrected chi connectivity index (χ0v) is 12.7. The fourth-order valence-corrected chi connectivity index (χ4v) is 2.86. The molecule has 0 aliphatic heterocycles. The van der Waals surface area contributed by atoms with Crippen LogP contribution in [0.5, 0.6) is 5.75 Å². The highest BCUT2D eigenvalue weighted by molar-refractivity contribution is 7.15. The van der Waals surface area contributed by atoms with Crippen molar-refractivity contribution in [3.8, 4) is 5.75 Å². The molecule has 110 valence electrons. The second-order valence-corrected chi connectivity index (χ2v) is 5.68. The number of benzene rings is 1. The van der Waals surface area contributed by atoms with Gasteiger partial charge in [0.2, 0.25) is 0 Å². The van der Waals surface area contributed by atoms with E-state index in [1.807, 2.05) is 36.1 Å². The molecule has 3 aromatic rings. The van der Waals surface area contributed by atoms with Gasteiger partial charge in [-0.25, -0.2) is 9.37 Å². The van der Waals surface area contributed by atoms with Gasteiger partial charge in [0.1, 0.15) is 18.2 Å². The van der Waals surface area contributed by atoms with Crippen LogP contribution in [0.1, 0.15) is 24.2 Å². The Morgan fingerprint density at radius 2 is 2.33 bits per heavy atom. The first-order valence-corrected chi connectivity index (χ1v) is 7.56. The van der Waals surface area contributed by atoms with Crippen LogP contribution in [-0.2, 0) is 6.61 Å². The summed E-state index contributed by atoms with van der Waals surface area (Å²) >= 11 is 1.57. The Hall–Kier alpha value is -1.92. The summed E-state index contributed by atoms with van der Waals surface area (Å²) in [5.74, 6) is 0.246. The van der Waals surface area contributed by atoms with E-state index < -0.39 is 0 Å². The number of imidazole rings is 1. The normalized spacial score (nSPS) is 12.7. The number of nitrogens with zero attached hydrogens (tertiary/aromatic N) is 2. The minimum atomic E-state index is -0.303. The third-order valence-corrected chi connectivity index (χ3v) is 4.16. The molecule has 6 heteroatoms. The largest absolute Gasteiger partial charge is 0.487 e. The van der Waals surface area contributed by atoms with Gasteiger partial charge in [-0.3, -0.25) is 4.40 Å². The lowest BCUT2D eigenvalue weighted by molar-refractivity contribution is 0.294. The van der Waals surface area contributed by atoms with Crippen LogP contribution in [0.15, 0.2) is 36.0 Å². The van der Waals surface area contributed by atoms with Gasteiger partial charge in [-0.15, -0.1) is 11.3 Å². The number of thiazole rings is 1. The first-order valence-electron chi connectivity index (χ1n) is 6.68. The second-order valence-electron chi connectivity index (χ2n) is 4.81. The summed E-state index contributed by atoms with van der Waals surface area (Å²) in [5.41, 5.74) is 1.76. The van der Waals surface area contributed by atoms with Crippen molar-refractivity contribution in [3.05, 3.63) is 53.0 Å². The molecule has 3 rings (SSSR count). The molecule has 1 aromatic carbocycles. The van der Waals surface area contributed by atoms with Gasteiger partial charge in [0, 0.05) is 35.4 Å². The van der Waals surface area contributed by atoms with Crippen LogP contribution in [0.3, 0.4) is 0 Å². The maximum atomic E-state index is 13.4. The summed E-state index contributed by atoms with van der Waals surface area (Å²) in [6.45, 7) is 2.33. The van der Waals surface area contributed by atoms with Crippen LogP contribution < -0.4 is 10.1 Å². The van der Waals surface area contributed by atoms with Gasteiger partial charge in [0.25, 0.3) is 0 Å². The van der Waals surface area contributed by atoms with Crippen molar-refractivity contribution < 1.29 is 9.13 Å². The Morgan fingerprint density at radius 1 is 1.48 bits per heavy atom. The lowest BCUT2D eigenvalue weighted by atomic mass is 10.1. The third kappa shape index (κ3) is 2.91. The van der Waals surface area contributed by atoms with E-state index in [1.165, 1.54) is 12.1 Å². The zero-order valence-electron chi connectivity index (χ0n) is 11.8. The minimum Gasteiger partial charge on any atom is -0.487 e. The van der Waals surface area contributed by atoms with E-state index in [9.17, 15) is 4.39 Å². The number of hydrogen-bond acceptors (Lipinski definition) is 4. The van der Waals surface area contributed by atoms with Crippen molar-refractivity contribution in [2.24, 2.45) is 0 Å². The van der Waals surface area contributed by atoms with Gasteiger partial charge < -0.3 is 10.1 Å². The van der Waals surface area contributed by atoms with Crippen LogP contribution in [-0.4, -0.2) is 16.4 Å². The van der Waals surface area contributed by atoms with Crippen LogP contribution in [0.2, 0.25) is 0 Å². The summed E-state index contributed by atoms with van der Waals surface area (Å²) in [5, 5.41) is 5.11. The molecule has 1 unspecified atom stereocenters. The summed E-state index contributed by atoms with van der Waals surface area (Å²) in [6, 6.07) is 4.70. The molecule has 0 radical (unpaired) electrons. The summed E-state index contributed by atoms with van der Waals surface area (Å²) in [6.07, 6.45) is 3.87.